The first-order valence-corrected chi connectivity index (χ1v) is 14.0. The molecule has 198 valence electrons. The summed E-state index contributed by atoms with van der Waals surface area (Å²) in [6.07, 6.45) is 3.42. The van der Waals surface area contributed by atoms with Gasteiger partial charge in [0.25, 0.3) is 21.8 Å². The maximum Gasteiger partial charge on any atom is 0.277 e. The number of hydrogen-bond acceptors (Lipinski definition) is 6. The second-order valence-corrected chi connectivity index (χ2v) is 10.9. The number of aromatic nitrogens is 2. The number of methoxy groups -OCH3 is 1. The van der Waals surface area contributed by atoms with Crippen LogP contribution in [-0.2, 0) is 16.4 Å². The van der Waals surface area contributed by atoms with Crippen LogP contribution in [0.2, 0.25) is 0 Å². The van der Waals surface area contributed by atoms with Crippen molar-refractivity contribution in [2.45, 2.75) is 19.3 Å². The first kappa shape index (κ1) is 25.5. The average molecular weight is 537 g/mol. The molecular formula is C26H28N6O5S. The highest BCUT2D eigenvalue weighted by Gasteiger charge is 2.34. The van der Waals surface area contributed by atoms with Crippen molar-refractivity contribution in [2.75, 3.05) is 37.9 Å². The van der Waals surface area contributed by atoms with Crippen molar-refractivity contribution >= 4 is 33.4 Å². The molecule has 2 aliphatic heterocycles. The smallest absolute Gasteiger partial charge is 0.277 e. The van der Waals surface area contributed by atoms with Crippen molar-refractivity contribution in [3.05, 3.63) is 71.0 Å². The lowest BCUT2D eigenvalue weighted by atomic mass is 10.0. The van der Waals surface area contributed by atoms with Crippen LogP contribution >= 0.6 is 0 Å². The Kier molecular flexibility index (Phi) is 6.66. The number of fused-ring (bicyclic) bond motifs is 1. The van der Waals surface area contributed by atoms with Gasteiger partial charge in [0, 0.05) is 36.4 Å². The van der Waals surface area contributed by atoms with Crippen molar-refractivity contribution in [1.82, 2.24) is 14.7 Å². The number of amidine groups is 1. The third kappa shape index (κ3) is 4.86. The average Bonchev–Trinajstić information content (AvgIpc) is 3.56. The summed E-state index contributed by atoms with van der Waals surface area (Å²) in [5.41, 5.74) is 8.33. The molecule has 2 N–H and O–H groups in total. The van der Waals surface area contributed by atoms with Gasteiger partial charge in [-0.1, -0.05) is 0 Å². The van der Waals surface area contributed by atoms with Gasteiger partial charge in [-0.15, -0.1) is 4.40 Å². The van der Waals surface area contributed by atoms with E-state index in [0.29, 0.717) is 47.1 Å². The molecule has 0 atom stereocenters. The molecular weight excluding hydrogens is 508 g/mol. The maximum atomic E-state index is 13.8. The third-order valence-electron chi connectivity index (χ3n) is 6.66. The molecule has 0 saturated carbocycles. The fraction of sp³-hybridized carbons (Fsp3) is 0.308. The lowest BCUT2D eigenvalue weighted by Gasteiger charge is -2.28. The van der Waals surface area contributed by atoms with E-state index < -0.39 is 15.9 Å². The van der Waals surface area contributed by atoms with E-state index in [4.69, 9.17) is 10.5 Å². The van der Waals surface area contributed by atoms with Crippen molar-refractivity contribution in [2.24, 2.45) is 10.1 Å². The molecule has 3 aromatic rings. The molecule has 3 heterocycles. The van der Waals surface area contributed by atoms with Crippen LogP contribution in [0.3, 0.4) is 0 Å². The van der Waals surface area contributed by atoms with E-state index in [9.17, 15) is 18.0 Å². The normalized spacial score (nSPS) is 16.1. The summed E-state index contributed by atoms with van der Waals surface area (Å²) in [5, 5.41) is 4.39. The summed E-state index contributed by atoms with van der Waals surface area (Å²) in [6, 6.07) is 14.1. The highest BCUT2D eigenvalue weighted by molar-refractivity contribution is 7.89. The number of anilines is 1. The molecule has 0 radical (unpaired) electrons. The van der Waals surface area contributed by atoms with Gasteiger partial charge in [-0.05, 0) is 67.8 Å². The van der Waals surface area contributed by atoms with Crippen LogP contribution in [0.5, 0.6) is 5.75 Å². The molecule has 0 unspecified atom stereocenters. The van der Waals surface area contributed by atoms with E-state index in [2.05, 4.69) is 9.50 Å². The number of rotatable bonds is 6. The first-order chi connectivity index (χ1) is 18.2. The minimum atomic E-state index is -3.60. The molecule has 0 bridgehead atoms. The Morgan fingerprint density at radius 3 is 2.21 bits per heavy atom. The Morgan fingerprint density at radius 2 is 1.63 bits per heavy atom. The SMILES string of the molecule is COc1ccc(-n2nc(C(N)=O)c3c2C(=O)N(c2ccc(/C(=N\S(C)(=O)=O)N4CCCC4)cc2)CC3)cc1. The zero-order chi connectivity index (χ0) is 27.0. The van der Waals surface area contributed by atoms with E-state index in [1.54, 1.807) is 60.5 Å². The van der Waals surface area contributed by atoms with Crippen molar-refractivity contribution < 1.29 is 22.7 Å². The molecule has 2 aromatic carbocycles. The Bertz CT molecular complexity index is 1520. The van der Waals surface area contributed by atoms with Crippen LogP contribution in [0.1, 0.15) is 44.9 Å². The molecule has 2 aliphatic rings. The Labute approximate surface area is 220 Å². The topological polar surface area (TPSA) is 140 Å². The zero-order valence-electron chi connectivity index (χ0n) is 21.1. The summed E-state index contributed by atoms with van der Waals surface area (Å²) in [6.45, 7) is 1.80. The molecule has 1 fully saturated rings. The van der Waals surface area contributed by atoms with Gasteiger partial charge in [0.1, 0.15) is 17.3 Å². The molecule has 11 nitrogen and oxygen atoms in total. The molecule has 1 saturated heterocycles. The second-order valence-electron chi connectivity index (χ2n) is 9.25. The number of sulfonamides is 1. The van der Waals surface area contributed by atoms with Gasteiger partial charge in [-0.2, -0.15) is 5.10 Å². The lowest BCUT2D eigenvalue weighted by Crippen LogP contribution is -2.39. The molecule has 12 heteroatoms. The molecule has 0 spiro atoms. The fourth-order valence-electron chi connectivity index (χ4n) is 4.88. The summed E-state index contributed by atoms with van der Waals surface area (Å²) in [7, 11) is -2.04. The van der Waals surface area contributed by atoms with E-state index >= 15 is 0 Å². The minimum absolute atomic E-state index is 0.0754. The maximum absolute atomic E-state index is 13.8. The van der Waals surface area contributed by atoms with Crippen LogP contribution in [0, 0.1) is 0 Å². The van der Waals surface area contributed by atoms with E-state index in [0.717, 1.165) is 32.2 Å². The fourth-order valence-corrected chi connectivity index (χ4v) is 5.42. The Balaban J connectivity index is 1.50. The number of benzene rings is 2. The zero-order valence-corrected chi connectivity index (χ0v) is 21.9. The minimum Gasteiger partial charge on any atom is -0.497 e. The van der Waals surface area contributed by atoms with Crippen LogP contribution in [-0.4, -0.2) is 73.7 Å². The quantitative estimate of drug-likeness (QED) is 0.375. The van der Waals surface area contributed by atoms with Gasteiger partial charge >= 0.3 is 0 Å². The van der Waals surface area contributed by atoms with Crippen molar-refractivity contribution in [3.63, 3.8) is 0 Å². The van der Waals surface area contributed by atoms with Gasteiger partial charge in [0.15, 0.2) is 5.69 Å². The summed E-state index contributed by atoms with van der Waals surface area (Å²) in [5.74, 6) is 0.0382. The summed E-state index contributed by atoms with van der Waals surface area (Å²) >= 11 is 0. The second kappa shape index (κ2) is 9.93. The monoisotopic (exact) mass is 536 g/mol. The number of hydrogen-bond donors (Lipinski definition) is 1. The predicted molar refractivity (Wildman–Crippen MR) is 143 cm³/mol. The van der Waals surface area contributed by atoms with Crippen LogP contribution in [0.25, 0.3) is 5.69 Å². The Hall–Kier alpha value is -4.19. The lowest BCUT2D eigenvalue weighted by molar-refractivity contribution is 0.0972. The third-order valence-corrected chi connectivity index (χ3v) is 7.17. The number of amides is 2. The first-order valence-electron chi connectivity index (χ1n) is 12.2. The number of carbonyl (C=O) groups is 2. The number of nitrogens with two attached hydrogens (primary N) is 1. The van der Waals surface area contributed by atoms with E-state index in [1.807, 2.05) is 4.90 Å². The highest BCUT2D eigenvalue weighted by Crippen LogP contribution is 2.30. The summed E-state index contributed by atoms with van der Waals surface area (Å²) < 4.78 is 34.6. The van der Waals surface area contributed by atoms with Crippen LogP contribution in [0.4, 0.5) is 5.69 Å². The molecule has 38 heavy (non-hydrogen) atoms. The Morgan fingerprint density at radius 1 is 1.00 bits per heavy atom. The largest absolute Gasteiger partial charge is 0.497 e. The number of ether oxygens (including phenoxy) is 1. The van der Waals surface area contributed by atoms with Crippen molar-refractivity contribution in [1.29, 1.82) is 0 Å². The number of primary amides is 1. The van der Waals surface area contributed by atoms with E-state index in [-0.39, 0.29) is 17.3 Å². The van der Waals surface area contributed by atoms with Gasteiger partial charge < -0.3 is 20.3 Å². The summed E-state index contributed by atoms with van der Waals surface area (Å²) in [4.78, 5) is 29.5. The molecule has 2 amide bonds. The highest BCUT2D eigenvalue weighted by atomic mass is 32.2. The van der Waals surface area contributed by atoms with E-state index in [1.165, 1.54) is 4.68 Å². The van der Waals surface area contributed by atoms with Crippen molar-refractivity contribution in [3.8, 4) is 11.4 Å². The van der Waals surface area contributed by atoms with Gasteiger partial charge in [0.05, 0.1) is 19.1 Å². The van der Waals surface area contributed by atoms with Gasteiger partial charge in [0.2, 0.25) is 0 Å². The van der Waals surface area contributed by atoms with Gasteiger partial charge in [-0.3, -0.25) is 9.59 Å². The number of nitrogens with zero attached hydrogens (tertiary/aromatic N) is 5. The molecule has 0 aliphatic carbocycles. The predicted octanol–water partition coefficient (Wildman–Crippen LogP) is 1.98. The number of carbonyl (C=O) groups excluding carboxylic acids is 2. The van der Waals surface area contributed by atoms with Crippen LogP contribution < -0.4 is 15.4 Å². The van der Waals surface area contributed by atoms with Gasteiger partial charge in [-0.25, -0.2) is 13.1 Å². The standard InChI is InChI=1S/C26H28N6O5S/c1-37-20-11-9-19(10-12-20)32-23-21(22(28-32)24(27)33)13-16-31(26(23)34)18-7-5-17(6-8-18)25(29-38(2,35)36)30-14-3-4-15-30/h5-12H,3-4,13-16H2,1-2H3,(H2,27,33)/b29-25+. The molecule has 5 rings (SSSR count). The number of likely N-dealkylation sites (tertiary alicyclic amines) is 1. The molecule has 1 aromatic heterocycles. The van der Waals surface area contributed by atoms with Crippen LogP contribution in [0.15, 0.2) is 52.9 Å².